The monoisotopic (exact) mass is 331 g/mol. The zero-order valence-electron chi connectivity index (χ0n) is 10.5. The molecular formula is C14H22IN. The average molecular weight is 331 g/mol. The predicted octanol–water partition coefficient (Wildman–Crippen LogP) is 4.38. The maximum absolute atomic E-state index is 3.44. The quantitative estimate of drug-likeness (QED) is 0.763. The molecule has 0 aliphatic rings. The van der Waals surface area contributed by atoms with Gasteiger partial charge in [0.15, 0.2) is 0 Å². The first-order valence-electron chi connectivity index (χ1n) is 6.10. The van der Waals surface area contributed by atoms with Crippen molar-refractivity contribution in [1.29, 1.82) is 0 Å². The molecule has 2 unspecified atom stereocenters. The third-order valence-corrected chi connectivity index (χ3v) is 4.03. The molecule has 0 amide bonds. The second-order valence-corrected chi connectivity index (χ2v) is 5.65. The lowest BCUT2D eigenvalue weighted by Crippen LogP contribution is -2.20. The van der Waals surface area contributed by atoms with Crippen molar-refractivity contribution in [1.82, 2.24) is 5.32 Å². The van der Waals surface area contributed by atoms with E-state index in [0.29, 0.717) is 6.04 Å². The molecule has 1 nitrogen and oxygen atoms in total. The summed E-state index contributed by atoms with van der Waals surface area (Å²) in [5.74, 6) is 0.790. The summed E-state index contributed by atoms with van der Waals surface area (Å²) in [5, 5.41) is 3.44. The maximum Gasteiger partial charge on any atom is 0.0330 e. The van der Waals surface area contributed by atoms with E-state index in [4.69, 9.17) is 0 Å². The molecule has 1 aromatic carbocycles. The van der Waals surface area contributed by atoms with Crippen molar-refractivity contribution < 1.29 is 0 Å². The highest BCUT2D eigenvalue weighted by molar-refractivity contribution is 14.1. The van der Waals surface area contributed by atoms with Crippen molar-refractivity contribution in [2.75, 3.05) is 7.05 Å². The van der Waals surface area contributed by atoms with Crippen LogP contribution in [0.2, 0.25) is 0 Å². The lowest BCUT2D eigenvalue weighted by atomic mass is 9.93. The summed E-state index contributed by atoms with van der Waals surface area (Å²) in [6.45, 7) is 4.61. The predicted molar refractivity (Wildman–Crippen MR) is 79.6 cm³/mol. The summed E-state index contributed by atoms with van der Waals surface area (Å²) in [6, 6.07) is 9.15. The molecule has 0 fully saturated rings. The fraction of sp³-hybridized carbons (Fsp3) is 0.571. The molecule has 0 bridgehead atoms. The number of benzene rings is 1. The normalized spacial score (nSPS) is 14.8. The molecule has 0 aliphatic carbocycles. The van der Waals surface area contributed by atoms with Crippen LogP contribution in [0.3, 0.4) is 0 Å². The molecule has 1 N–H and O–H groups in total. The molecule has 0 saturated heterocycles. The molecule has 0 aliphatic heterocycles. The Kier molecular flexibility index (Phi) is 6.36. The minimum Gasteiger partial charge on any atom is -0.313 e. The van der Waals surface area contributed by atoms with Crippen LogP contribution >= 0.6 is 22.6 Å². The zero-order valence-corrected chi connectivity index (χ0v) is 12.6. The van der Waals surface area contributed by atoms with Gasteiger partial charge >= 0.3 is 0 Å². The molecule has 0 spiro atoms. The summed E-state index contributed by atoms with van der Waals surface area (Å²) < 4.78 is 1.36. The van der Waals surface area contributed by atoms with Crippen LogP contribution < -0.4 is 5.32 Å². The second kappa shape index (κ2) is 7.28. The third-order valence-electron chi connectivity index (χ3n) is 3.05. The Morgan fingerprint density at radius 2 is 2.00 bits per heavy atom. The van der Waals surface area contributed by atoms with Gasteiger partial charge in [0, 0.05) is 9.61 Å². The smallest absolute Gasteiger partial charge is 0.0330 e. The minimum atomic E-state index is 0.495. The van der Waals surface area contributed by atoms with Crippen molar-refractivity contribution in [2.45, 2.75) is 39.2 Å². The third kappa shape index (κ3) is 4.06. The molecule has 2 heteroatoms. The van der Waals surface area contributed by atoms with E-state index in [1.807, 2.05) is 0 Å². The van der Waals surface area contributed by atoms with Crippen LogP contribution in [0.1, 0.15) is 44.7 Å². The van der Waals surface area contributed by atoms with E-state index in [0.717, 1.165) is 5.92 Å². The van der Waals surface area contributed by atoms with Gasteiger partial charge < -0.3 is 5.32 Å². The van der Waals surface area contributed by atoms with Gasteiger partial charge in [-0.05, 0) is 53.6 Å². The van der Waals surface area contributed by atoms with E-state index in [1.165, 1.54) is 28.4 Å². The second-order valence-electron chi connectivity index (χ2n) is 4.49. The van der Waals surface area contributed by atoms with Gasteiger partial charge in [0.05, 0.1) is 0 Å². The zero-order chi connectivity index (χ0) is 12.0. The Balaban J connectivity index is 2.71. The summed E-state index contributed by atoms with van der Waals surface area (Å²) >= 11 is 2.43. The van der Waals surface area contributed by atoms with Crippen LogP contribution in [-0.2, 0) is 0 Å². The van der Waals surface area contributed by atoms with E-state index >= 15 is 0 Å². The van der Waals surface area contributed by atoms with Gasteiger partial charge in [0.2, 0.25) is 0 Å². The number of rotatable bonds is 6. The van der Waals surface area contributed by atoms with Crippen LogP contribution in [0.15, 0.2) is 24.3 Å². The van der Waals surface area contributed by atoms with Crippen LogP contribution in [0.25, 0.3) is 0 Å². The molecule has 2 atom stereocenters. The molecule has 0 radical (unpaired) electrons. The Morgan fingerprint density at radius 1 is 1.31 bits per heavy atom. The highest BCUT2D eigenvalue weighted by Gasteiger charge is 2.14. The average Bonchev–Trinajstić information content (AvgIpc) is 2.27. The Labute approximate surface area is 113 Å². The van der Waals surface area contributed by atoms with Gasteiger partial charge in [0.25, 0.3) is 0 Å². The van der Waals surface area contributed by atoms with E-state index in [-0.39, 0.29) is 0 Å². The lowest BCUT2D eigenvalue weighted by molar-refractivity contribution is 0.406. The molecule has 0 aromatic heterocycles. The van der Waals surface area contributed by atoms with Crippen molar-refractivity contribution >= 4 is 22.6 Å². The van der Waals surface area contributed by atoms with E-state index in [2.05, 4.69) is 73.1 Å². The molecule has 0 heterocycles. The molecule has 0 saturated carbocycles. The van der Waals surface area contributed by atoms with Crippen molar-refractivity contribution in [3.8, 4) is 0 Å². The standard InChI is InChI=1S/C14H22IN/c1-4-7-11(2)10-14(16-3)12-8-5-6-9-13(12)15/h5-6,8-9,11,14,16H,4,7,10H2,1-3H3. The highest BCUT2D eigenvalue weighted by Crippen LogP contribution is 2.26. The van der Waals surface area contributed by atoms with Gasteiger partial charge in [-0.2, -0.15) is 0 Å². The number of hydrogen-bond donors (Lipinski definition) is 1. The number of halogens is 1. The number of hydrogen-bond acceptors (Lipinski definition) is 1. The largest absolute Gasteiger partial charge is 0.313 e. The van der Waals surface area contributed by atoms with Gasteiger partial charge in [-0.15, -0.1) is 0 Å². The summed E-state index contributed by atoms with van der Waals surface area (Å²) in [5.41, 5.74) is 1.44. The SMILES string of the molecule is CCCC(C)CC(NC)c1ccccc1I. The summed E-state index contributed by atoms with van der Waals surface area (Å²) in [4.78, 5) is 0. The van der Waals surface area contributed by atoms with E-state index < -0.39 is 0 Å². The Hall–Kier alpha value is -0.0900. The van der Waals surface area contributed by atoms with Crippen LogP contribution in [0.5, 0.6) is 0 Å². The van der Waals surface area contributed by atoms with Crippen molar-refractivity contribution in [3.05, 3.63) is 33.4 Å². The van der Waals surface area contributed by atoms with Crippen LogP contribution in [0, 0.1) is 9.49 Å². The Morgan fingerprint density at radius 3 is 2.56 bits per heavy atom. The van der Waals surface area contributed by atoms with Crippen molar-refractivity contribution in [2.24, 2.45) is 5.92 Å². The van der Waals surface area contributed by atoms with E-state index in [9.17, 15) is 0 Å². The van der Waals surface area contributed by atoms with E-state index in [1.54, 1.807) is 0 Å². The molecule has 90 valence electrons. The first-order chi connectivity index (χ1) is 7.69. The maximum atomic E-state index is 3.44. The first-order valence-corrected chi connectivity index (χ1v) is 7.18. The first kappa shape index (κ1) is 14.0. The topological polar surface area (TPSA) is 12.0 Å². The minimum absolute atomic E-state index is 0.495. The summed E-state index contributed by atoms with van der Waals surface area (Å²) in [7, 11) is 2.06. The van der Waals surface area contributed by atoms with Crippen LogP contribution in [0.4, 0.5) is 0 Å². The van der Waals surface area contributed by atoms with Gasteiger partial charge in [-0.3, -0.25) is 0 Å². The lowest BCUT2D eigenvalue weighted by Gasteiger charge is -2.21. The molecule has 1 aromatic rings. The Bertz CT molecular complexity index is 311. The van der Waals surface area contributed by atoms with Crippen molar-refractivity contribution in [3.63, 3.8) is 0 Å². The molecular weight excluding hydrogens is 309 g/mol. The van der Waals surface area contributed by atoms with Gasteiger partial charge in [-0.25, -0.2) is 0 Å². The molecule has 16 heavy (non-hydrogen) atoms. The fourth-order valence-corrected chi connectivity index (χ4v) is 2.93. The van der Waals surface area contributed by atoms with Crippen LogP contribution in [-0.4, -0.2) is 7.05 Å². The fourth-order valence-electron chi connectivity index (χ4n) is 2.17. The van der Waals surface area contributed by atoms with Gasteiger partial charge in [-0.1, -0.05) is 44.9 Å². The summed E-state index contributed by atoms with van der Waals surface area (Å²) in [6.07, 6.45) is 3.83. The molecule has 1 rings (SSSR count). The highest BCUT2D eigenvalue weighted by atomic mass is 127. The van der Waals surface area contributed by atoms with Gasteiger partial charge in [0.1, 0.15) is 0 Å². The number of nitrogens with one attached hydrogen (secondary N) is 1.